The minimum absolute atomic E-state index is 0.223. The Hall–Kier alpha value is -2.74. The number of aliphatic imine (C=N–C) groups is 1. The van der Waals surface area contributed by atoms with Gasteiger partial charge in [-0.15, -0.1) is 0 Å². The summed E-state index contributed by atoms with van der Waals surface area (Å²) in [6, 6.07) is 26.7. The first-order valence-electron chi connectivity index (χ1n) is 7.23. The lowest BCUT2D eigenvalue weighted by Crippen LogP contribution is -2.03. The van der Waals surface area contributed by atoms with E-state index in [1.165, 1.54) is 12.1 Å². The summed E-state index contributed by atoms with van der Waals surface area (Å²) in [6.07, 6.45) is 0. The molecule has 0 saturated heterocycles. The van der Waals surface area contributed by atoms with Crippen LogP contribution in [0.4, 0.5) is 4.39 Å². The van der Waals surface area contributed by atoms with Crippen molar-refractivity contribution in [1.82, 2.24) is 0 Å². The van der Waals surface area contributed by atoms with E-state index in [9.17, 15) is 4.39 Å². The van der Waals surface area contributed by atoms with E-state index in [1.807, 2.05) is 36.4 Å². The number of nitrogens with zero attached hydrogens (tertiary/aromatic N) is 1. The Kier molecular flexibility index (Phi) is 4.40. The zero-order valence-corrected chi connectivity index (χ0v) is 12.1. The van der Waals surface area contributed by atoms with E-state index < -0.39 is 0 Å². The van der Waals surface area contributed by atoms with Gasteiger partial charge in [0.05, 0.1) is 12.3 Å². The molecule has 2 heteroatoms. The van der Waals surface area contributed by atoms with Crippen LogP contribution in [-0.2, 0) is 6.54 Å². The van der Waals surface area contributed by atoms with E-state index in [0.29, 0.717) is 6.54 Å². The molecule has 108 valence electrons. The first-order chi connectivity index (χ1) is 10.8. The van der Waals surface area contributed by atoms with Gasteiger partial charge in [0.1, 0.15) is 5.82 Å². The molecule has 0 heterocycles. The zero-order valence-electron chi connectivity index (χ0n) is 12.1. The molecule has 3 rings (SSSR count). The number of halogens is 1. The van der Waals surface area contributed by atoms with Crippen LogP contribution in [0.5, 0.6) is 0 Å². The third kappa shape index (κ3) is 3.47. The van der Waals surface area contributed by atoms with Crippen LogP contribution in [0.2, 0.25) is 0 Å². The normalized spacial score (nSPS) is 10.2. The lowest BCUT2D eigenvalue weighted by atomic mass is 10.0. The topological polar surface area (TPSA) is 12.4 Å². The molecule has 0 bridgehead atoms. The number of rotatable bonds is 4. The van der Waals surface area contributed by atoms with E-state index in [2.05, 4.69) is 24.3 Å². The van der Waals surface area contributed by atoms with Crippen molar-refractivity contribution in [1.29, 1.82) is 0 Å². The maximum atomic E-state index is 13.0. The van der Waals surface area contributed by atoms with Crippen LogP contribution in [0.3, 0.4) is 0 Å². The van der Waals surface area contributed by atoms with Gasteiger partial charge in [-0.3, -0.25) is 4.99 Å². The number of hydrogen-bond donors (Lipinski definition) is 0. The summed E-state index contributed by atoms with van der Waals surface area (Å²) in [6.45, 7) is 0.527. The van der Waals surface area contributed by atoms with Crippen LogP contribution >= 0.6 is 0 Å². The number of benzene rings is 3. The largest absolute Gasteiger partial charge is 0.279 e. The quantitative estimate of drug-likeness (QED) is 0.480. The van der Waals surface area contributed by atoms with Gasteiger partial charge in [0.2, 0.25) is 0 Å². The molecule has 1 nitrogen and oxygen atoms in total. The first kappa shape index (κ1) is 14.2. The SMILES string of the molecule is Fc1ccc(C[15N]=C(c2ccccc2)c2ccccc2)cc1. The molecule has 0 spiro atoms. The van der Waals surface area contributed by atoms with Gasteiger partial charge >= 0.3 is 0 Å². The van der Waals surface area contributed by atoms with Crippen molar-refractivity contribution >= 4 is 5.71 Å². The molecule has 22 heavy (non-hydrogen) atoms. The smallest absolute Gasteiger partial charge is 0.123 e. The van der Waals surface area contributed by atoms with Gasteiger partial charge in [0, 0.05) is 11.1 Å². The fourth-order valence-electron chi connectivity index (χ4n) is 2.30. The monoisotopic (exact) mass is 290 g/mol. The Morgan fingerprint density at radius 3 is 1.68 bits per heavy atom. The van der Waals surface area contributed by atoms with Gasteiger partial charge < -0.3 is 0 Å². The third-order valence-corrected chi connectivity index (χ3v) is 3.43. The fourth-order valence-corrected chi connectivity index (χ4v) is 2.30. The van der Waals surface area contributed by atoms with Crippen LogP contribution in [0, 0.1) is 5.82 Å². The zero-order chi connectivity index (χ0) is 15.2. The maximum Gasteiger partial charge on any atom is 0.123 e. The minimum Gasteiger partial charge on any atom is -0.279 e. The van der Waals surface area contributed by atoms with Crippen molar-refractivity contribution in [2.24, 2.45) is 4.99 Å². The second-order valence-electron chi connectivity index (χ2n) is 5.02. The highest BCUT2D eigenvalue weighted by molar-refractivity contribution is 6.12. The summed E-state index contributed by atoms with van der Waals surface area (Å²) in [7, 11) is 0. The average molecular weight is 290 g/mol. The predicted molar refractivity (Wildman–Crippen MR) is 88.6 cm³/mol. The van der Waals surface area contributed by atoms with Crippen LogP contribution in [-0.4, -0.2) is 5.71 Å². The molecule has 0 fully saturated rings. The molecular formula is C20H16FN. The molecule has 3 aromatic rings. The summed E-state index contributed by atoms with van der Waals surface area (Å²) in [4.78, 5) is 4.76. The molecule has 0 amide bonds. The molecule has 0 unspecified atom stereocenters. The minimum atomic E-state index is -0.223. The Balaban J connectivity index is 1.95. The van der Waals surface area contributed by atoms with Crippen molar-refractivity contribution in [3.05, 3.63) is 107 Å². The standard InChI is InChI=1S/C20H16FN/c21-19-13-11-16(12-14-19)15-22-20(17-7-3-1-4-8-17)18-9-5-2-6-10-18/h1-14H,15H2/i22+1. The molecule has 0 aliphatic rings. The lowest BCUT2D eigenvalue weighted by molar-refractivity contribution is 0.627. The second kappa shape index (κ2) is 6.81. The Morgan fingerprint density at radius 2 is 1.18 bits per heavy atom. The molecule has 3 aromatic carbocycles. The highest BCUT2D eigenvalue weighted by Gasteiger charge is 2.05. The van der Waals surface area contributed by atoms with Crippen molar-refractivity contribution in [3.8, 4) is 0 Å². The molecule has 0 atom stereocenters. The van der Waals surface area contributed by atoms with Crippen molar-refractivity contribution in [3.63, 3.8) is 0 Å². The summed E-state index contributed by atoms with van der Waals surface area (Å²) in [5.41, 5.74) is 4.10. The van der Waals surface area contributed by atoms with Gasteiger partial charge in [-0.25, -0.2) is 4.39 Å². The molecule has 0 aromatic heterocycles. The van der Waals surface area contributed by atoms with E-state index in [4.69, 9.17) is 4.99 Å². The van der Waals surface area contributed by atoms with Crippen molar-refractivity contribution < 1.29 is 4.39 Å². The highest BCUT2D eigenvalue weighted by Crippen LogP contribution is 2.13. The predicted octanol–water partition coefficient (Wildman–Crippen LogP) is 4.86. The molecular weight excluding hydrogens is 274 g/mol. The van der Waals surface area contributed by atoms with Gasteiger partial charge in [-0.05, 0) is 17.7 Å². The highest BCUT2D eigenvalue weighted by atomic mass is 19.1. The van der Waals surface area contributed by atoms with Crippen molar-refractivity contribution in [2.45, 2.75) is 6.54 Å². The van der Waals surface area contributed by atoms with Crippen molar-refractivity contribution in [2.75, 3.05) is 0 Å². The van der Waals surface area contributed by atoms with Crippen LogP contribution in [0.25, 0.3) is 0 Å². The molecule has 0 aliphatic carbocycles. The second-order valence-corrected chi connectivity index (χ2v) is 5.02. The first-order valence-corrected chi connectivity index (χ1v) is 7.23. The molecule has 0 N–H and O–H groups in total. The summed E-state index contributed by atoms with van der Waals surface area (Å²) >= 11 is 0. The van der Waals surface area contributed by atoms with Gasteiger partial charge in [0.25, 0.3) is 0 Å². The average Bonchev–Trinajstić information content (AvgIpc) is 2.59. The fraction of sp³-hybridized carbons (Fsp3) is 0.0500. The van der Waals surface area contributed by atoms with E-state index in [-0.39, 0.29) is 5.82 Å². The summed E-state index contributed by atoms with van der Waals surface area (Å²) < 4.78 is 13.0. The van der Waals surface area contributed by atoms with Gasteiger partial charge in [-0.1, -0.05) is 72.8 Å². The summed E-state index contributed by atoms with van der Waals surface area (Å²) in [5, 5.41) is 0. The molecule has 0 saturated carbocycles. The van der Waals surface area contributed by atoms with Crippen LogP contribution in [0.15, 0.2) is 89.9 Å². The Bertz CT molecular complexity index is 705. The Labute approximate surface area is 129 Å². The maximum absolute atomic E-state index is 13.0. The van der Waals surface area contributed by atoms with Gasteiger partial charge in [0.15, 0.2) is 0 Å². The molecule has 0 aliphatic heterocycles. The van der Waals surface area contributed by atoms with Gasteiger partial charge in [-0.2, -0.15) is 0 Å². The van der Waals surface area contributed by atoms with E-state index in [0.717, 1.165) is 22.4 Å². The van der Waals surface area contributed by atoms with E-state index >= 15 is 0 Å². The molecule has 0 radical (unpaired) electrons. The Morgan fingerprint density at radius 1 is 0.682 bits per heavy atom. The van der Waals surface area contributed by atoms with Crippen LogP contribution in [0.1, 0.15) is 16.7 Å². The lowest BCUT2D eigenvalue weighted by Gasteiger charge is -2.08. The number of hydrogen-bond acceptors (Lipinski definition) is 1. The third-order valence-electron chi connectivity index (χ3n) is 3.43. The van der Waals surface area contributed by atoms with E-state index in [1.54, 1.807) is 12.1 Å². The van der Waals surface area contributed by atoms with Crippen LogP contribution < -0.4 is 0 Å². The summed E-state index contributed by atoms with van der Waals surface area (Å²) in [5.74, 6) is -0.223.